The zero-order valence-corrected chi connectivity index (χ0v) is 13.7. The van der Waals surface area contributed by atoms with Gasteiger partial charge in [-0.15, -0.1) is 0 Å². The molecule has 22 heavy (non-hydrogen) atoms. The summed E-state index contributed by atoms with van der Waals surface area (Å²) in [7, 11) is 0. The average molecular weight is 362 g/mol. The Morgan fingerprint density at radius 1 is 1.09 bits per heavy atom. The SMILES string of the molecule is C[C@@H](OC(=O)c1ccccc1Br)C(=O)NCc1ccccc1. The predicted molar refractivity (Wildman–Crippen MR) is 87.3 cm³/mol. The second kappa shape index (κ2) is 7.75. The van der Waals surface area contributed by atoms with E-state index < -0.39 is 12.1 Å². The molecule has 0 aliphatic rings. The van der Waals surface area contributed by atoms with Crippen LogP contribution in [0.4, 0.5) is 0 Å². The molecule has 0 aliphatic carbocycles. The number of ether oxygens (including phenoxy) is 1. The van der Waals surface area contributed by atoms with E-state index in [-0.39, 0.29) is 5.91 Å². The molecule has 0 bridgehead atoms. The fraction of sp³-hybridized carbons (Fsp3) is 0.176. The molecule has 1 amide bonds. The van der Waals surface area contributed by atoms with Crippen LogP contribution in [0.15, 0.2) is 59.1 Å². The van der Waals surface area contributed by atoms with Gasteiger partial charge < -0.3 is 10.1 Å². The molecule has 2 aromatic rings. The molecule has 5 heteroatoms. The molecule has 0 aliphatic heterocycles. The highest BCUT2D eigenvalue weighted by Crippen LogP contribution is 2.17. The molecule has 1 N–H and O–H groups in total. The van der Waals surface area contributed by atoms with Crippen molar-refractivity contribution in [1.29, 1.82) is 0 Å². The van der Waals surface area contributed by atoms with Crippen LogP contribution < -0.4 is 5.32 Å². The smallest absolute Gasteiger partial charge is 0.340 e. The highest BCUT2D eigenvalue weighted by atomic mass is 79.9. The molecule has 0 heterocycles. The number of halogens is 1. The van der Waals surface area contributed by atoms with Crippen molar-refractivity contribution in [1.82, 2.24) is 5.32 Å². The van der Waals surface area contributed by atoms with Gasteiger partial charge in [-0.05, 0) is 40.5 Å². The number of carbonyl (C=O) groups excluding carboxylic acids is 2. The molecular formula is C17H16BrNO3. The molecule has 0 aromatic heterocycles. The van der Waals surface area contributed by atoms with E-state index in [1.165, 1.54) is 0 Å². The third kappa shape index (κ3) is 4.43. The van der Waals surface area contributed by atoms with Crippen molar-refractivity contribution in [3.8, 4) is 0 Å². The summed E-state index contributed by atoms with van der Waals surface area (Å²) in [5, 5.41) is 2.74. The first kappa shape index (κ1) is 16.2. The van der Waals surface area contributed by atoms with Crippen LogP contribution in [-0.2, 0) is 16.1 Å². The topological polar surface area (TPSA) is 55.4 Å². The molecule has 0 saturated heterocycles. The summed E-state index contributed by atoms with van der Waals surface area (Å²) in [6, 6.07) is 16.5. The summed E-state index contributed by atoms with van der Waals surface area (Å²) in [5.74, 6) is -0.862. The van der Waals surface area contributed by atoms with Crippen LogP contribution in [-0.4, -0.2) is 18.0 Å². The molecule has 2 aromatic carbocycles. The Morgan fingerprint density at radius 3 is 2.41 bits per heavy atom. The number of benzene rings is 2. The van der Waals surface area contributed by atoms with Gasteiger partial charge in [-0.2, -0.15) is 0 Å². The minimum atomic E-state index is -0.858. The Balaban J connectivity index is 1.89. The Labute approximate surface area is 137 Å². The van der Waals surface area contributed by atoms with Crippen molar-refractivity contribution in [2.45, 2.75) is 19.6 Å². The van der Waals surface area contributed by atoms with E-state index in [2.05, 4.69) is 21.2 Å². The zero-order chi connectivity index (χ0) is 15.9. The van der Waals surface area contributed by atoms with E-state index >= 15 is 0 Å². The van der Waals surface area contributed by atoms with E-state index in [4.69, 9.17) is 4.74 Å². The molecule has 0 unspecified atom stereocenters. The van der Waals surface area contributed by atoms with Crippen LogP contribution >= 0.6 is 15.9 Å². The van der Waals surface area contributed by atoms with Crippen molar-refractivity contribution in [3.05, 3.63) is 70.2 Å². The van der Waals surface area contributed by atoms with Crippen molar-refractivity contribution in [2.75, 3.05) is 0 Å². The maximum Gasteiger partial charge on any atom is 0.340 e. The predicted octanol–water partition coefficient (Wildman–Crippen LogP) is 3.31. The lowest BCUT2D eigenvalue weighted by molar-refractivity contribution is -0.129. The lowest BCUT2D eigenvalue weighted by Gasteiger charge is -2.14. The lowest BCUT2D eigenvalue weighted by atomic mass is 10.2. The molecule has 1 atom stereocenters. The first-order chi connectivity index (χ1) is 10.6. The number of esters is 1. The first-order valence-corrected chi connectivity index (χ1v) is 7.64. The van der Waals surface area contributed by atoms with Gasteiger partial charge in [0, 0.05) is 11.0 Å². The van der Waals surface area contributed by atoms with Crippen LogP contribution in [0.1, 0.15) is 22.8 Å². The van der Waals surface area contributed by atoms with Gasteiger partial charge in [0.1, 0.15) is 0 Å². The number of carbonyl (C=O) groups is 2. The van der Waals surface area contributed by atoms with Crippen LogP contribution in [0.2, 0.25) is 0 Å². The Bertz CT molecular complexity index is 658. The van der Waals surface area contributed by atoms with E-state index in [0.717, 1.165) is 5.56 Å². The second-order valence-electron chi connectivity index (χ2n) is 4.73. The summed E-state index contributed by atoms with van der Waals surface area (Å²) in [6.07, 6.45) is -0.858. The number of hydrogen-bond donors (Lipinski definition) is 1. The summed E-state index contributed by atoms with van der Waals surface area (Å²) in [5.41, 5.74) is 1.38. The minimum Gasteiger partial charge on any atom is -0.449 e. The van der Waals surface area contributed by atoms with Gasteiger partial charge in [-0.1, -0.05) is 42.5 Å². The van der Waals surface area contributed by atoms with Gasteiger partial charge in [0.2, 0.25) is 0 Å². The largest absolute Gasteiger partial charge is 0.449 e. The van der Waals surface area contributed by atoms with Crippen molar-refractivity contribution >= 4 is 27.8 Å². The van der Waals surface area contributed by atoms with Gasteiger partial charge in [-0.3, -0.25) is 4.79 Å². The molecule has 4 nitrogen and oxygen atoms in total. The number of nitrogens with one attached hydrogen (secondary N) is 1. The summed E-state index contributed by atoms with van der Waals surface area (Å²) < 4.78 is 5.82. The second-order valence-corrected chi connectivity index (χ2v) is 5.59. The molecular weight excluding hydrogens is 346 g/mol. The molecule has 114 valence electrons. The van der Waals surface area contributed by atoms with Crippen LogP contribution in [0, 0.1) is 0 Å². The fourth-order valence-electron chi connectivity index (χ4n) is 1.83. The van der Waals surface area contributed by atoms with Crippen LogP contribution in [0.5, 0.6) is 0 Å². The summed E-state index contributed by atoms with van der Waals surface area (Å²) in [6.45, 7) is 1.95. The third-order valence-electron chi connectivity index (χ3n) is 3.06. The van der Waals surface area contributed by atoms with Crippen molar-refractivity contribution < 1.29 is 14.3 Å². The number of rotatable bonds is 5. The van der Waals surface area contributed by atoms with E-state index in [0.29, 0.717) is 16.6 Å². The van der Waals surface area contributed by atoms with E-state index in [1.807, 2.05) is 30.3 Å². The monoisotopic (exact) mass is 361 g/mol. The van der Waals surface area contributed by atoms with Gasteiger partial charge in [-0.25, -0.2) is 4.79 Å². The molecule has 0 spiro atoms. The average Bonchev–Trinajstić information content (AvgIpc) is 2.53. The molecule has 0 saturated carbocycles. The zero-order valence-electron chi connectivity index (χ0n) is 12.1. The normalized spacial score (nSPS) is 11.5. The van der Waals surface area contributed by atoms with E-state index in [1.54, 1.807) is 31.2 Å². The van der Waals surface area contributed by atoms with Gasteiger partial charge in [0.05, 0.1) is 5.56 Å². The molecule has 2 rings (SSSR count). The Hall–Kier alpha value is -2.14. The van der Waals surface area contributed by atoms with Gasteiger partial charge >= 0.3 is 5.97 Å². The summed E-state index contributed by atoms with van der Waals surface area (Å²) >= 11 is 3.28. The fourth-order valence-corrected chi connectivity index (χ4v) is 2.28. The number of hydrogen-bond acceptors (Lipinski definition) is 3. The molecule has 0 fully saturated rings. The van der Waals surface area contributed by atoms with Gasteiger partial charge in [0.15, 0.2) is 6.10 Å². The van der Waals surface area contributed by atoms with Crippen molar-refractivity contribution in [2.24, 2.45) is 0 Å². The van der Waals surface area contributed by atoms with Crippen LogP contribution in [0.25, 0.3) is 0 Å². The van der Waals surface area contributed by atoms with Gasteiger partial charge in [0.25, 0.3) is 5.91 Å². The Kier molecular flexibility index (Phi) is 5.72. The maximum atomic E-state index is 12.0. The maximum absolute atomic E-state index is 12.0. The standard InChI is InChI=1S/C17H16BrNO3/c1-12(16(20)19-11-13-7-3-2-4-8-13)22-17(21)14-9-5-6-10-15(14)18/h2-10,12H,11H2,1H3,(H,19,20)/t12-/m1/s1. The summed E-state index contributed by atoms with van der Waals surface area (Å²) in [4.78, 5) is 24.0. The van der Waals surface area contributed by atoms with Crippen molar-refractivity contribution in [3.63, 3.8) is 0 Å². The minimum absolute atomic E-state index is 0.329. The highest BCUT2D eigenvalue weighted by Gasteiger charge is 2.19. The number of amides is 1. The van der Waals surface area contributed by atoms with E-state index in [9.17, 15) is 9.59 Å². The molecule has 0 radical (unpaired) electrons. The first-order valence-electron chi connectivity index (χ1n) is 6.85. The highest BCUT2D eigenvalue weighted by molar-refractivity contribution is 9.10. The van der Waals surface area contributed by atoms with Crippen LogP contribution in [0.3, 0.4) is 0 Å². The lowest BCUT2D eigenvalue weighted by Crippen LogP contribution is -2.35. The quantitative estimate of drug-likeness (QED) is 0.831. The third-order valence-corrected chi connectivity index (χ3v) is 3.75. The Morgan fingerprint density at radius 2 is 1.73 bits per heavy atom.